The summed E-state index contributed by atoms with van der Waals surface area (Å²) in [5.41, 5.74) is 0.986. The largest absolute Gasteiger partial charge is 1.00 e. The van der Waals surface area contributed by atoms with Crippen LogP contribution in [0.25, 0.3) is 15.9 Å². The van der Waals surface area contributed by atoms with E-state index in [1.165, 1.54) is 28.8 Å². The van der Waals surface area contributed by atoms with Crippen molar-refractivity contribution in [2.45, 2.75) is 0 Å². The Hall–Kier alpha value is -2.16. The van der Waals surface area contributed by atoms with Crippen molar-refractivity contribution in [3.63, 3.8) is 0 Å². The minimum Gasteiger partial charge on any atom is -0.544 e. The number of pyridine rings is 1. The van der Waals surface area contributed by atoms with Crippen molar-refractivity contribution in [2.75, 3.05) is 5.32 Å². The number of fused-ring (bicyclic) bond motifs is 1. The van der Waals surface area contributed by atoms with Crippen molar-refractivity contribution in [3.8, 4) is 5.69 Å². The zero-order chi connectivity index (χ0) is 19.8. The Bertz CT molecular complexity index is 1270. The number of thiophene rings is 1. The number of nitrogens with zero attached hydrogens (tertiary/aromatic N) is 1. The van der Waals surface area contributed by atoms with E-state index in [4.69, 9.17) is 11.6 Å². The summed E-state index contributed by atoms with van der Waals surface area (Å²) in [5, 5.41) is 15.1. The maximum Gasteiger partial charge on any atom is 1.00 e. The van der Waals surface area contributed by atoms with E-state index < -0.39 is 11.8 Å². The number of aromatic carboxylic acids is 1. The molecule has 4 aromatic rings. The van der Waals surface area contributed by atoms with Crippen molar-refractivity contribution in [2.24, 2.45) is 0 Å². The monoisotopic (exact) mass is 436 g/mol. The molecule has 5 nitrogen and oxygen atoms in total. The summed E-state index contributed by atoms with van der Waals surface area (Å²) in [5.74, 6) is -1.97. The van der Waals surface area contributed by atoms with Gasteiger partial charge in [-0.25, -0.2) is 4.39 Å². The summed E-state index contributed by atoms with van der Waals surface area (Å²) < 4.78 is 14.9. The Morgan fingerprint density at radius 3 is 2.48 bits per heavy atom. The number of hydrogen-bond donors (Lipinski definition) is 1. The predicted molar refractivity (Wildman–Crippen MR) is 106 cm³/mol. The molecule has 0 saturated carbocycles. The summed E-state index contributed by atoms with van der Waals surface area (Å²) in [4.78, 5) is 24.6. The van der Waals surface area contributed by atoms with Crippen LogP contribution in [0.1, 0.15) is 9.67 Å². The second-order valence-corrected chi connectivity index (χ2v) is 7.32. The van der Waals surface area contributed by atoms with Gasteiger partial charge in [0.1, 0.15) is 10.6 Å². The zero-order valence-corrected chi connectivity index (χ0v) is 18.7. The number of benzene rings is 2. The van der Waals surface area contributed by atoms with E-state index in [0.717, 1.165) is 11.3 Å². The van der Waals surface area contributed by atoms with Gasteiger partial charge in [-0.3, -0.25) is 9.36 Å². The maximum absolute atomic E-state index is 13.4. The first-order valence-electron chi connectivity index (χ1n) is 8.13. The average molecular weight is 437 g/mol. The average Bonchev–Trinajstić information content (AvgIpc) is 3.04. The summed E-state index contributed by atoms with van der Waals surface area (Å²) in [6, 6.07) is 15.8. The molecule has 0 aliphatic carbocycles. The van der Waals surface area contributed by atoms with Crippen molar-refractivity contribution in [1.82, 2.24) is 4.57 Å². The molecular weight excluding hydrogens is 426 g/mol. The number of halogens is 2. The van der Waals surface area contributed by atoms with Gasteiger partial charge < -0.3 is 15.2 Å². The first-order valence-corrected chi connectivity index (χ1v) is 9.32. The van der Waals surface area contributed by atoms with Gasteiger partial charge in [0.05, 0.1) is 27.2 Å². The fourth-order valence-electron chi connectivity index (χ4n) is 2.89. The van der Waals surface area contributed by atoms with E-state index in [9.17, 15) is 19.1 Å². The van der Waals surface area contributed by atoms with E-state index in [1.807, 2.05) is 6.07 Å². The molecule has 0 aliphatic heterocycles. The standard InChI is InChI=1S/C20H12ClFN2O3S.Na/c21-14-10-11(6-8-15(14)22)23-17-13-7-9-16(25)24(12-4-2-1-3-5-12)19(13)28-18(17)20(26)27;/h1-10,23H,(H,26,27);/q;+1/p-1. The molecule has 0 spiro atoms. The Balaban J connectivity index is 0.00000240. The number of rotatable bonds is 4. The second kappa shape index (κ2) is 8.69. The van der Waals surface area contributed by atoms with E-state index >= 15 is 0 Å². The van der Waals surface area contributed by atoms with Crippen LogP contribution in [0.15, 0.2) is 65.5 Å². The molecule has 0 fully saturated rings. The summed E-state index contributed by atoms with van der Waals surface area (Å²) in [7, 11) is 0. The normalized spacial score (nSPS) is 10.6. The molecular formula is C20H11ClFN2NaO3S. The van der Waals surface area contributed by atoms with Crippen LogP contribution in [-0.2, 0) is 0 Å². The molecule has 0 unspecified atom stereocenters. The van der Waals surface area contributed by atoms with Gasteiger partial charge in [0.25, 0.3) is 5.56 Å². The smallest absolute Gasteiger partial charge is 0.544 e. The third-order valence-electron chi connectivity index (χ3n) is 4.13. The molecule has 4 rings (SSSR count). The number of aromatic nitrogens is 1. The molecule has 29 heavy (non-hydrogen) atoms. The third-order valence-corrected chi connectivity index (χ3v) is 5.59. The van der Waals surface area contributed by atoms with Crippen LogP contribution in [0.2, 0.25) is 5.02 Å². The molecule has 2 aromatic carbocycles. The molecule has 0 amide bonds. The molecule has 2 aromatic heterocycles. The van der Waals surface area contributed by atoms with Gasteiger partial charge in [-0.05, 0) is 36.4 Å². The van der Waals surface area contributed by atoms with Gasteiger partial charge in [0.15, 0.2) is 0 Å². The Labute approximate surface area is 195 Å². The fraction of sp³-hybridized carbons (Fsp3) is 0. The number of carboxylic acids is 1. The van der Waals surface area contributed by atoms with E-state index in [2.05, 4.69) is 5.32 Å². The summed E-state index contributed by atoms with van der Waals surface area (Å²) >= 11 is 6.74. The van der Waals surface area contributed by atoms with E-state index in [0.29, 0.717) is 21.6 Å². The summed E-state index contributed by atoms with van der Waals surface area (Å²) in [6.07, 6.45) is 0. The van der Waals surface area contributed by atoms with Gasteiger partial charge >= 0.3 is 29.6 Å². The number of anilines is 2. The maximum atomic E-state index is 13.4. The number of carbonyl (C=O) groups is 1. The Morgan fingerprint density at radius 1 is 1.10 bits per heavy atom. The first-order chi connectivity index (χ1) is 13.5. The van der Waals surface area contributed by atoms with Gasteiger partial charge in [-0.15, -0.1) is 11.3 Å². The molecule has 2 heterocycles. The number of hydrogen-bond acceptors (Lipinski definition) is 5. The molecule has 0 atom stereocenters. The number of para-hydroxylation sites is 1. The number of nitrogens with one attached hydrogen (secondary N) is 1. The minimum absolute atomic E-state index is 0. The molecule has 0 bridgehead atoms. The van der Waals surface area contributed by atoms with Crippen LogP contribution < -0.4 is 45.5 Å². The predicted octanol–water partition coefficient (Wildman–Crippen LogP) is 0.956. The second-order valence-electron chi connectivity index (χ2n) is 5.91. The molecule has 1 N–H and O–H groups in total. The van der Waals surface area contributed by atoms with Crippen LogP contribution in [0, 0.1) is 5.82 Å². The van der Waals surface area contributed by atoms with Gasteiger partial charge in [-0.2, -0.15) is 0 Å². The molecule has 140 valence electrons. The molecule has 0 radical (unpaired) electrons. The van der Waals surface area contributed by atoms with E-state index in [1.54, 1.807) is 30.3 Å². The molecule has 0 saturated heterocycles. The molecule has 0 aliphatic rings. The SMILES string of the molecule is O=C([O-])c1sc2c(ccc(=O)n2-c2ccccc2)c1Nc1ccc(F)c(Cl)c1.[Na+]. The van der Waals surface area contributed by atoms with Crippen molar-refractivity contribution in [1.29, 1.82) is 0 Å². The van der Waals surface area contributed by atoms with Crippen LogP contribution in [0.5, 0.6) is 0 Å². The molecule has 9 heteroatoms. The van der Waals surface area contributed by atoms with E-state index in [-0.39, 0.29) is 50.7 Å². The number of carbonyl (C=O) groups excluding carboxylic acids is 1. The van der Waals surface area contributed by atoms with Crippen molar-refractivity contribution in [3.05, 3.63) is 86.7 Å². The van der Waals surface area contributed by atoms with Crippen molar-refractivity contribution < 1.29 is 43.8 Å². The van der Waals surface area contributed by atoms with Gasteiger partial charge in [0, 0.05) is 17.1 Å². The zero-order valence-electron chi connectivity index (χ0n) is 15.1. The van der Waals surface area contributed by atoms with Gasteiger partial charge in [-0.1, -0.05) is 29.8 Å². The fourth-order valence-corrected chi connectivity index (χ4v) is 4.18. The Morgan fingerprint density at radius 2 is 1.83 bits per heavy atom. The quantitative estimate of drug-likeness (QED) is 0.484. The van der Waals surface area contributed by atoms with Crippen LogP contribution in [0.4, 0.5) is 15.8 Å². The van der Waals surface area contributed by atoms with Crippen LogP contribution in [-0.4, -0.2) is 10.5 Å². The minimum atomic E-state index is -1.39. The first kappa shape index (κ1) is 21.5. The summed E-state index contributed by atoms with van der Waals surface area (Å²) in [6.45, 7) is 0. The van der Waals surface area contributed by atoms with Gasteiger partial charge in [0.2, 0.25) is 0 Å². The number of carboxylic acid groups (broad SMARTS) is 1. The topological polar surface area (TPSA) is 74.2 Å². The van der Waals surface area contributed by atoms with Crippen molar-refractivity contribution >= 4 is 50.5 Å². The Kier molecular flexibility index (Phi) is 6.45. The van der Waals surface area contributed by atoms with Crippen LogP contribution in [0.3, 0.4) is 0 Å². The third kappa shape index (κ3) is 4.10. The van der Waals surface area contributed by atoms with Crippen LogP contribution >= 0.6 is 22.9 Å².